The minimum atomic E-state index is -0.262. The van der Waals surface area contributed by atoms with Crippen LogP contribution in [-0.2, 0) is 17.8 Å². The Bertz CT molecular complexity index is 1310. The fourth-order valence-corrected chi connectivity index (χ4v) is 6.03. The van der Waals surface area contributed by atoms with Crippen molar-refractivity contribution < 1.29 is 19.1 Å². The van der Waals surface area contributed by atoms with E-state index in [2.05, 4.69) is 4.90 Å². The summed E-state index contributed by atoms with van der Waals surface area (Å²) in [5.41, 5.74) is 2.65. The van der Waals surface area contributed by atoms with Gasteiger partial charge in [0.2, 0.25) is 5.91 Å². The molecule has 7 nitrogen and oxygen atoms in total. The smallest absolute Gasteiger partial charge is 0.263 e. The molecule has 1 aromatic heterocycles. The summed E-state index contributed by atoms with van der Waals surface area (Å²) in [6.07, 6.45) is 2.22. The lowest BCUT2D eigenvalue weighted by molar-refractivity contribution is -0.135. The van der Waals surface area contributed by atoms with Gasteiger partial charge in [0.05, 0.1) is 36.4 Å². The Morgan fingerprint density at radius 1 is 1.11 bits per heavy atom. The summed E-state index contributed by atoms with van der Waals surface area (Å²) in [6.45, 7) is 2.19. The average Bonchev–Trinajstić information content (AvgIpc) is 3.53. The molecule has 37 heavy (non-hydrogen) atoms. The van der Waals surface area contributed by atoms with E-state index in [1.807, 2.05) is 61.0 Å². The van der Waals surface area contributed by atoms with Crippen LogP contribution in [0.5, 0.6) is 5.75 Å². The normalized spacial score (nSPS) is 17.2. The van der Waals surface area contributed by atoms with E-state index in [1.165, 1.54) is 4.90 Å². The maximum absolute atomic E-state index is 13.5. The van der Waals surface area contributed by atoms with Crippen molar-refractivity contribution in [2.75, 3.05) is 38.7 Å². The van der Waals surface area contributed by atoms with Crippen LogP contribution in [0, 0.1) is 5.92 Å². The summed E-state index contributed by atoms with van der Waals surface area (Å²) in [5.74, 6) is 0.197. The van der Waals surface area contributed by atoms with Gasteiger partial charge in [0.15, 0.2) is 0 Å². The number of piperidine rings is 1. The van der Waals surface area contributed by atoms with Gasteiger partial charge in [0, 0.05) is 31.6 Å². The highest BCUT2D eigenvalue weighted by Gasteiger charge is 2.39. The molecule has 1 atom stereocenters. The first-order valence-electron chi connectivity index (χ1n) is 12.6. The number of hydrogen-bond donors (Lipinski definition) is 0. The molecule has 0 radical (unpaired) electrons. The Kier molecular flexibility index (Phi) is 7.28. The van der Waals surface area contributed by atoms with E-state index in [1.54, 1.807) is 29.4 Å². The lowest BCUT2D eigenvalue weighted by Gasteiger charge is -2.36. The van der Waals surface area contributed by atoms with Crippen molar-refractivity contribution in [1.82, 2.24) is 9.80 Å². The van der Waals surface area contributed by atoms with Gasteiger partial charge in [-0.3, -0.25) is 19.3 Å². The molecule has 0 bridgehead atoms. The first-order valence-corrected chi connectivity index (χ1v) is 13.5. The Balaban J connectivity index is 1.30. The molecule has 0 aliphatic carbocycles. The summed E-state index contributed by atoms with van der Waals surface area (Å²) in [5, 5.41) is 2.02. The highest BCUT2D eigenvalue weighted by Crippen LogP contribution is 2.34. The first kappa shape index (κ1) is 25.0. The van der Waals surface area contributed by atoms with Crippen LogP contribution < -0.4 is 9.64 Å². The number of nitrogens with zero attached hydrogens (tertiary/aromatic N) is 3. The number of fused-ring (bicyclic) bond motifs is 1. The van der Waals surface area contributed by atoms with Crippen molar-refractivity contribution in [2.45, 2.75) is 25.8 Å². The van der Waals surface area contributed by atoms with Gasteiger partial charge in [-0.1, -0.05) is 24.3 Å². The van der Waals surface area contributed by atoms with Gasteiger partial charge in [-0.25, -0.2) is 0 Å². The number of carbonyl (C=O) groups excluding carboxylic acids is 3. The van der Waals surface area contributed by atoms with Gasteiger partial charge in [0.1, 0.15) is 5.75 Å². The van der Waals surface area contributed by atoms with Crippen LogP contribution in [0.4, 0.5) is 5.69 Å². The molecule has 0 N–H and O–H groups in total. The highest BCUT2D eigenvalue weighted by molar-refractivity contribution is 7.09. The number of rotatable bonds is 8. The third-order valence-electron chi connectivity index (χ3n) is 7.20. The van der Waals surface area contributed by atoms with E-state index in [-0.39, 0.29) is 23.6 Å². The maximum atomic E-state index is 13.5. The van der Waals surface area contributed by atoms with Crippen molar-refractivity contribution in [3.05, 3.63) is 81.5 Å². The number of anilines is 1. The third-order valence-corrected chi connectivity index (χ3v) is 8.06. The van der Waals surface area contributed by atoms with Crippen LogP contribution in [0.15, 0.2) is 60.0 Å². The fourth-order valence-electron chi connectivity index (χ4n) is 5.27. The quantitative estimate of drug-likeness (QED) is 0.413. The summed E-state index contributed by atoms with van der Waals surface area (Å²) >= 11 is 1.65. The van der Waals surface area contributed by atoms with E-state index >= 15 is 0 Å². The zero-order valence-electron chi connectivity index (χ0n) is 21.2. The van der Waals surface area contributed by atoms with Crippen LogP contribution in [0.1, 0.15) is 44.0 Å². The zero-order valence-corrected chi connectivity index (χ0v) is 22.0. The van der Waals surface area contributed by atoms with Gasteiger partial charge in [0.25, 0.3) is 11.8 Å². The van der Waals surface area contributed by atoms with E-state index < -0.39 is 0 Å². The summed E-state index contributed by atoms with van der Waals surface area (Å²) in [7, 11) is 3.47. The first-order chi connectivity index (χ1) is 18.0. The fraction of sp³-hybridized carbons (Fsp3) is 0.345. The highest BCUT2D eigenvalue weighted by atomic mass is 32.1. The zero-order chi connectivity index (χ0) is 25.9. The summed E-state index contributed by atoms with van der Waals surface area (Å²) in [4.78, 5) is 46.3. The average molecular weight is 518 g/mol. The number of methoxy groups -OCH3 is 1. The van der Waals surface area contributed by atoms with Crippen molar-refractivity contribution in [3.8, 4) is 5.75 Å². The Morgan fingerprint density at radius 3 is 2.73 bits per heavy atom. The summed E-state index contributed by atoms with van der Waals surface area (Å²) < 4.78 is 5.29. The molecule has 8 heteroatoms. The predicted molar refractivity (Wildman–Crippen MR) is 144 cm³/mol. The SMILES string of the molecule is COc1cccc(CCN2C(=O)c3cccc(N4CCCC(C(=O)N(C)Cc5cccs5)C4)c3C2=O)c1. The molecule has 0 spiro atoms. The molecule has 3 heterocycles. The lowest BCUT2D eigenvalue weighted by Crippen LogP contribution is -2.44. The molecule has 2 aromatic carbocycles. The number of amides is 3. The minimum absolute atomic E-state index is 0.119. The minimum Gasteiger partial charge on any atom is -0.497 e. The topological polar surface area (TPSA) is 70.2 Å². The third kappa shape index (κ3) is 5.11. The second kappa shape index (κ2) is 10.8. The predicted octanol–water partition coefficient (Wildman–Crippen LogP) is 4.47. The Morgan fingerprint density at radius 2 is 1.95 bits per heavy atom. The monoisotopic (exact) mass is 517 g/mol. The van der Waals surface area contributed by atoms with E-state index in [4.69, 9.17) is 4.74 Å². The molecule has 192 valence electrons. The molecule has 1 fully saturated rings. The molecule has 3 aromatic rings. The molecule has 1 saturated heterocycles. The lowest BCUT2D eigenvalue weighted by atomic mass is 9.95. The molecule has 5 rings (SSSR count). The standard InChI is InChI=1S/C29H31N3O4S/c1-30(19-23-10-6-16-37-23)27(33)21-8-5-14-31(18-21)25-12-4-11-24-26(25)29(35)32(28(24)34)15-13-20-7-3-9-22(17-20)36-2/h3-4,6-7,9-12,16-17,21H,5,8,13-15,18-19H2,1-2H3. The molecule has 2 aliphatic heterocycles. The second-order valence-electron chi connectivity index (χ2n) is 9.62. The number of hydrogen-bond acceptors (Lipinski definition) is 6. The van der Waals surface area contributed by atoms with Crippen LogP contribution in [-0.4, -0.2) is 61.3 Å². The van der Waals surface area contributed by atoms with Gasteiger partial charge >= 0.3 is 0 Å². The Hall–Kier alpha value is -3.65. The molecular weight excluding hydrogens is 486 g/mol. The molecule has 0 saturated carbocycles. The van der Waals surface area contributed by atoms with Gasteiger partial charge in [-0.2, -0.15) is 0 Å². The van der Waals surface area contributed by atoms with Crippen molar-refractivity contribution in [3.63, 3.8) is 0 Å². The van der Waals surface area contributed by atoms with Crippen molar-refractivity contribution >= 4 is 34.7 Å². The maximum Gasteiger partial charge on any atom is 0.263 e. The molecule has 2 aliphatic rings. The van der Waals surface area contributed by atoms with Crippen molar-refractivity contribution in [2.24, 2.45) is 5.92 Å². The van der Waals surface area contributed by atoms with Crippen LogP contribution in [0.3, 0.4) is 0 Å². The largest absolute Gasteiger partial charge is 0.497 e. The molecular formula is C29H31N3O4S. The van der Waals surface area contributed by atoms with Gasteiger partial charge in [-0.15, -0.1) is 11.3 Å². The van der Waals surface area contributed by atoms with Gasteiger partial charge < -0.3 is 14.5 Å². The van der Waals surface area contributed by atoms with Crippen LogP contribution in [0.25, 0.3) is 0 Å². The van der Waals surface area contributed by atoms with Crippen LogP contribution in [0.2, 0.25) is 0 Å². The number of benzene rings is 2. The second-order valence-corrected chi connectivity index (χ2v) is 10.7. The van der Waals surface area contributed by atoms with E-state index in [9.17, 15) is 14.4 Å². The van der Waals surface area contributed by atoms with Crippen LogP contribution >= 0.6 is 11.3 Å². The van der Waals surface area contributed by atoms with Gasteiger partial charge in [-0.05, 0) is 60.5 Å². The Labute approximate surface area is 221 Å². The molecule has 3 amide bonds. The van der Waals surface area contributed by atoms with E-state index in [0.29, 0.717) is 37.2 Å². The number of carbonyl (C=O) groups is 3. The number of ether oxygens (including phenoxy) is 1. The van der Waals surface area contributed by atoms with Crippen molar-refractivity contribution in [1.29, 1.82) is 0 Å². The number of imide groups is 1. The summed E-state index contributed by atoms with van der Waals surface area (Å²) in [6, 6.07) is 17.2. The molecule has 1 unspecified atom stereocenters. The number of thiophene rings is 1. The van der Waals surface area contributed by atoms with E-state index in [0.717, 1.165) is 41.3 Å².